The molecule has 0 aromatic heterocycles. The molecule has 0 radical (unpaired) electrons. The topological polar surface area (TPSA) is 107 Å². The lowest BCUT2D eigenvalue weighted by atomic mass is 10.2. The van der Waals surface area contributed by atoms with Crippen molar-refractivity contribution in [1.29, 1.82) is 5.26 Å². The Balaban J connectivity index is 1.69. The van der Waals surface area contributed by atoms with Gasteiger partial charge in [-0.15, -0.1) is 0 Å². The van der Waals surface area contributed by atoms with Crippen molar-refractivity contribution in [3.63, 3.8) is 0 Å². The van der Waals surface area contributed by atoms with Crippen molar-refractivity contribution in [3.05, 3.63) is 59.7 Å². The monoisotopic (exact) mass is 443 g/mol. The molecule has 3 rings (SSSR count). The predicted molar refractivity (Wildman–Crippen MR) is 114 cm³/mol. The molecule has 1 aliphatic heterocycles. The molecule has 0 saturated carbocycles. The molecule has 9 heteroatoms. The van der Waals surface area contributed by atoms with Gasteiger partial charge in [-0.2, -0.15) is 5.26 Å². The van der Waals surface area contributed by atoms with Gasteiger partial charge in [0.15, 0.2) is 9.84 Å². The second-order valence-electron chi connectivity index (χ2n) is 7.03. The maximum atomic E-state index is 13.0. The number of hydrogen-bond donors (Lipinski definition) is 1. The average molecular weight is 444 g/mol. The smallest absolute Gasteiger partial charge is 0.255 e. The fraction of sp³-hybridized carbons (Fsp3) is 0.286. The van der Waals surface area contributed by atoms with Crippen LogP contribution in [-0.2, 0) is 14.6 Å². The van der Waals surface area contributed by atoms with Crippen LogP contribution in [0.2, 0.25) is 0 Å². The van der Waals surface area contributed by atoms with Crippen LogP contribution in [0.1, 0.15) is 22.3 Å². The van der Waals surface area contributed by atoms with Gasteiger partial charge in [-0.25, -0.2) is 8.42 Å². The number of hydrogen-bond acceptors (Lipinski definition) is 6. The maximum Gasteiger partial charge on any atom is 0.255 e. The summed E-state index contributed by atoms with van der Waals surface area (Å²) in [4.78, 5) is 28.0. The van der Waals surface area contributed by atoms with E-state index in [-0.39, 0.29) is 24.0 Å². The van der Waals surface area contributed by atoms with Crippen LogP contribution in [-0.4, -0.2) is 56.3 Å². The summed E-state index contributed by atoms with van der Waals surface area (Å²) in [6.45, 7) is -0.177. The Morgan fingerprint density at radius 1 is 1.17 bits per heavy atom. The molecule has 0 spiro atoms. The van der Waals surface area contributed by atoms with Crippen LogP contribution in [0.25, 0.3) is 0 Å². The predicted octanol–water partition coefficient (Wildman–Crippen LogP) is 2.08. The van der Waals surface area contributed by atoms with Crippen LogP contribution in [0, 0.1) is 11.3 Å². The molecule has 1 aliphatic rings. The van der Waals surface area contributed by atoms with E-state index >= 15 is 0 Å². The van der Waals surface area contributed by atoms with E-state index < -0.39 is 21.8 Å². The third-order valence-electron chi connectivity index (χ3n) is 4.67. The summed E-state index contributed by atoms with van der Waals surface area (Å²) < 4.78 is 23.1. The lowest BCUT2D eigenvalue weighted by Crippen LogP contribution is -2.43. The van der Waals surface area contributed by atoms with Gasteiger partial charge in [0, 0.05) is 22.9 Å². The van der Waals surface area contributed by atoms with Crippen LogP contribution in [0.5, 0.6) is 0 Å². The minimum absolute atomic E-state index is 0.0613. The van der Waals surface area contributed by atoms with Crippen LogP contribution < -0.4 is 5.32 Å². The van der Waals surface area contributed by atoms with Crippen molar-refractivity contribution in [2.45, 2.75) is 22.3 Å². The summed E-state index contributed by atoms with van der Waals surface area (Å²) in [7, 11) is -1.57. The minimum atomic E-state index is -3.09. The second-order valence-corrected chi connectivity index (χ2v) is 10.3. The number of nitrogens with zero attached hydrogens (tertiary/aromatic N) is 2. The van der Waals surface area contributed by atoms with E-state index in [1.54, 1.807) is 36.4 Å². The zero-order valence-corrected chi connectivity index (χ0v) is 18.0. The third-order valence-corrected chi connectivity index (χ3v) is 7.59. The van der Waals surface area contributed by atoms with Crippen molar-refractivity contribution >= 4 is 33.4 Å². The summed E-state index contributed by atoms with van der Waals surface area (Å²) in [6, 6.07) is 15.9. The number of amides is 2. The highest BCUT2D eigenvalue weighted by atomic mass is 32.2. The van der Waals surface area contributed by atoms with E-state index in [1.165, 1.54) is 23.7 Å². The Labute approximate surface area is 180 Å². The van der Waals surface area contributed by atoms with Gasteiger partial charge in [-0.05, 0) is 30.7 Å². The van der Waals surface area contributed by atoms with Crippen LogP contribution in [0.15, 0.2) is 58.3 Å². The number of nitrogens with one attached hydrogen (secondary N) is 1. The van der Waals surface area contributed by atoms with Crippen LogP contribution in [0.4, 0.5) is 0 Å². The molecule has 30 heavy (non-hydrogen) atoms. The lowest BCUT2D eigenvalue weighted by Gasteiger charge is -2.20. The molecule has 156 valence electrons. The van der Waals surface area contributed by atoms with Gasteiger partial charge in [-0.1, -0.05) is 36.0 Å². The number of likely N-dealkylation sites (N-methyl/N-ethyl adjacent to an activating group) is 1. The highest BCUT2D eigenvalue weighted by molar-refractivity contribution is 7.99. The van der Waals surface area contributed by atoms with Gasteiger partial charge in [0.25, 0.3) is 5.91 Å². The number of carbonyl (C=O) groups is 2. The molecule has 1 N–H and O–H groups in total. The van der Waals surface area contributed by atoms with Crippen molar-refractivity contribution < 1.29 is 18.0 Å². The highest BCUT2D eigenvalue weighted by Crippen LogP contribution is 2.33. The quantitative estimate of drug-likeness (QED) is 0.733. The third kappa shape index (κ3) is 5.40. The van der Waals surface area contributed by atoms with Crippen LogP contribution >= 0.6 is 11.8 Å². The van der Waals surface area contributed by atoms with Gasteiger partial charge in [0.2, 0.25) is 5.91 Å². The average Bonchev–Trinajstić information content (AvgIpc) is 3.06. The molecule has 1 saturated heterocycles. The Morgan fingerprint density at radius 3 is 2.50 bits per heavy atom. The zero-order chi connectivity index (χ0) is 21.7. The Bertz CT molecular complexity index is 1110. The summed E-state index contributed by atoms with van der Waals surface area (Å²) in [6.07, 6.45) is 0.392. The van der Waals surface area contributed by atoms with Crippen LogP contribution in [0.3, 0.4) is 0 Å². The second kappa shape index (κ2) is 9.32. The standard InChI is InChI=1S/C21H21N3O4S2/c1-24(13-20(25)23-16-10-11-30(27,28)14-16)21(26)17-7-3-5-9-19(17)29-18-8-4-2-6-15(18)12-22/h2-9,16H,10-11,13-14H2,1H3,(H,23,25)/t16-/m1/s1. The van der Waals surface area contributed by atoms with Crippen molar-refractivity contribution in [2.24, 2.45) is 0 Å². The molecule has 0 aliphatic carbocycles. The first-order valence-corrected chi connectivity index (χ1v) is 11.9. The normalized spacial score (nSPS) is 17.1. The minimum Gasteiger partial charge on any atom is -0.351 e. The van der Waals surface area contributed by atoms with Crippen molar-refractivity contribution in [2.75, 3.05) is 25.1 Å². The molecule has 1 atom stereocenters. The van der Waals surface area contributed by atoms with E-state index in [9.17, 15) is 23.3 Å². The van der Waals surface area contributed by atoms with E-state index in [0.29, 0.717) is 22.4 Å². The van der Waals surface area contributed by atoms with E-state index in [0.717, 1.165) is 4.90 Å². The summed E-state index contributed by atoms with van der Waals surface area (Å²) in [5, 5.41) is 12.0. The van der Waals surface area contributed by atoms with Gasteiger partial charge < -0.3 is 10.2 Å². The van der Waals surface area contributed by atoms with Gasteiger partial charge in [-0.3, -0.25) is 9.59 Å². The SMILES string of the molecule is CN(CC(=O)N[C@@H]1CCS(=O)(=O)C1)C(=O)c1ccccc1Sc1ccccc1C#N. The first kappa shape index (κ1) is 21.9. The van der Waals surface area contributed by atoms with Gasteiger partial charge in [0.05, 0.1) is 29.2 Å². The molecular weight excluding hydrogens is 422 g/mol. The first-order valence-electron chi connectivity index (χ1n) is 9.30. The first-order chi connectivity index (χ1) is 14.3. The Morgan fingerprint density at radius 2 is 1.83 bits per heavy atom. The summed E-state index contributed by atoms with van der Waals surface area (Å²) in [5.74, 6) is -0.718. The number of sulfone groups is 1. The molecule has 0 bridgehead atoms. The van der Waals surface area contributed by atoms with Crippen molar-refractivity contribution in [1.82, 2.24) is 10.2 Å². The molecule has 1 heterocycles. The molecular formula is C21H21N3O4S2. The fourth-order valence-corrected chi connectivity index (χ4v) is 5.87. The summed E-state index contributed by atoms with van der Waals surface area (Å²) in [5.41, 5.74) is 0.943. The molecule has 2 aromatic carbocycles. The van der Waals surface area contributed by atoms with Crippen molar-refractivity contribution in [3.8, 4) is 6.07 Å². The van der Waals surface area contributed by atoms with Gasteiger partial charge >= 0.3 is 0 Å². The molecule has 2 amide bonds. The maximum absolute atomic E-state index is 13.0. The van der Waals surface area contributed by atoms with E-state index in [1.807, 2.05) is 12.1 Å². The number of carbonyl (C=O) groups excluding carboxylic acids is 2. The van der Waals surface area contributed by atoms with E-state index in [4.69, 9.17) is 0 Å². The van der Waals surface area contributed by atoms with E-state index in [2.05, 4.69) is 11.4 Å². The largest absolute Gasteiger partial charge is 0.351 e. The zero-order valence-electron chi connectivity index (χ0n) is 16.4. The highest BCUT2D eigenvalue weighted by Gasteiger charge is 2.29. The Hall–Kier alpha value is -2.83. The number of nitriles is 1. The molecule has 1 fully saturated rings. The lowest BCUT2D eigenvalue weighted by molar-refractivity contribution is -0.122. The molecule has 7 nitrogen and oxygen atoms in total. The molecule has 2 aromatic rings. The Kier molecular flexibility index (Phi) is 6.80. The summed E-state index contributed by atoms with van der Waals surface area (Å²) >= 11 is 1.32. The molecule has 0 unspecified atom stereocenters. The van der Waals surface area contributed by atoms with Gasteiger partial charge in [0.1, 0.15) is 6.07 Å². The number of rotatable bonds is 6. The number of benzene rings is 2. The fourth-order valence-electron chi connectivity index (χ4n) is 3.17.